The lowest BCUT2D eigenvalue weighted by Crippen LogP contribution is -2.41. The molecule has 0 spiro atoms. The topological polar surface area (TPSA) is 59.2 Å². The van der Waals surface area contributed by atoms with Gasteiger partial charge in [-0.1, -0.05) is 19.8 Å². The van der Waals surface area contributed by atoms with Gasteiger partial charge in [0.2, 0.25) is 5.91 Å². The Kier molecular flexibility index (Phi) is 3.97. The zero-order valence-electron chi connectivity index (χ0n) is 11.1. The minimum Gasteiger partial charge on any atom is -0.333 e. The van der Waals surface area contributed by atoms with E-state index >= 15 is 0 Å². The summed E-state index contributed by atoms with van der Waals surface area (Å²) < 4.78 is 0. The molecule has 1 atom stereocenters. The molecule has 0 bridgehead atoms. The number of hydrogen-bond donors (Lipinski definition) is 1. The Morgan fingerprint density at radius 1 is 1.50 bits per heavy atom. The third kappa shape index (κ3) is 2.70. The molecule has 1 aromatic heterocycles. The number of carbonyl (C=O) groups excluding carboxylic acids is 1. The molecule has 0 radical (unpaired) electrons. The molecule has 0 saturated carbocycles. The highest BCUT2D eigenvalue weighted by Gasteiger charge is 2.26. The summed E-state index contributed by atoms with van der Waals surface area (Å²) in [7, 11) is 0. The first-order valence-corrected chi connectivity index (χ1v) is 6.60. The number of rotatable bonds is 4. The Bertz CT molecular complexity index is 445. The molecule has 0 unspecified atom stereocenters. The summed E-state index contributed by atoms with van der Waals surface area (Å²) in [5.74, 6) is 0.0669. The van der Waals surface area contributed by atoms with Crippen molar-refractivity contribution in [1.82, 2.24) is 9.88 Å². The lowest BCUT2D eigenvalue weighted by atomic mass is 10.1. The lowest BCUT2D eigenvalue weighted by molar-refractivity contribution is -0.133. The molecule has 1 aromatic rings. The smallest absolute Gasteiger partial charge is 0.240 e. The molecule has 4 nitrogen and oxygen atoms in total. The van der Waals surface area contributed by atoms with Crippen LogP contribution in [0.5, 0.6) is 0 Å². The predicted molar refractivity (Wildman–Crippen MR) is 70.7 cm³/mol. The standard InChI is InChI=1S/C14H21N3O/c1-3-4-5-13(15)14(18)17-8-11-6-10(2)16-7-12(11)9-17/h6-7,13H,3-5,8-9,15H2,1-2H3/t13-/m0/s1. The summed E-state index contributed by atoms with van der Waals surface area (Å²) >= 11 is 0. The summed E-state index contributed by atoms with van der Waals surface area (Å²) in [5, 5.41) is 0. The fourth-order valence-corrected chi connectivity index (χ4v) is 2.34. The summed E-state index contributed by atoms with van der Waals surface area (Å²) in [6.07, 6.45) is 4.73. The molecule has 4 heteroatoms. The van der Waals surface area contributed by atoms with Gasteiger partial charge < -0.3 is 10.6 Å². The van der Waals surface area contributed by atoms with E-state index in [0.717, 1.165) is 30.5 Å². The van der Waals surface area contributed by atoms with Gasteiger partial charge in [0, 0.05) is 25.0 Å². The number of fused-ring (bicyclic) bond motifs is 1. The van der Waals surface area contributed by atoms with Crippen molar-refractivity contribution in [3.05, 3.63) is 29.1 Å². The molecule has 1 amide bonds. The van der Waals surface area contributed by atoms with E-state index in [4.69, 9.17) is 5.73 Å². The predicted octanol–water partition coefficient (Wildman–Crippen LogP) is 1.75. The van der Waals surface area contributed by atoms with E-state index in [0.29, 0.717) is 13.1 Å². The summed E-state index contributed by atoms with van der Waals surface area (Å²) in [4.78, 5) is 18.3. The molecule has 1 aliphatic rings. The normalized spacial score (nSPS) is 15.6. The van der Waals surface area contributed by atoms with Gasteiger partial charge in [0.15, 0.2) is 0 Å². The Morgan fingerprint density at radius 2 is 2.22 bits per heavy atom. The second kappa shape index (κ2) is 5.48. The highest BCUT2D eigenvalue weighted by atomic mass is 16.2. The molecule has 1 aliphatic heterocycles. The molecule has 0 aromatic carbocycles. The number of nitrogens with two attached hydrogens (primary N) is 1. The van der Waals surface area contributed by atoms with Crippen molar-refractivity contribution in [1.29, 1.82) is 0 Å². The average Bonchev–Trinajstić information content (AvgIpc) is 2.77. The summed E-state index contributed by atoms with van der Waals surface area (Å²) in [6.45, 7) is 5.41. The summed E-state index contributed by atoms with van der Waals surface area (Å²) in [6, 6.07) is 1.70. The van der Waals surface area contributed by atoms with E-state index in [1.807, 2.05) is 18.0 Å². The van der Waals surface area contributed by atoms with Crippen LogP contribution in [0, 0.1) is 6.92 Å². The van der Waals surface area contributed by atoms with Gasteiger partial charge in [0.05, 0.1) is 6.04 Å². The van der Waals surface area contributed by atoms with E-state index < -0.39 is 0 Å². The van der Waals surface area contributed by atoms with Crippen molar-refractivity contribution in [3.63, 3.8) is 0 Å². The molecule has 0 aliphatic carbocycles. The van der Waals surface area contributed by atoms with Gasteiger partial charge in [0.25, 0.3) is 0 Å². The highest BCUT2D eigenvalue weighted by molar-refractivity contribution is 5.82. The van der Waals surface area contributed by atoms with Crippen LogP contribution in [0.2, 0.25) is 0 Å². The van der Waals surface area contributed by atoms with E-state index in [-0.39, 0.29) is 11.9 Å². The van der Waals surface area contributed by atoms with Gasteiger partial charge in [-0.05, 0) is 30.5 Å². The van der Waals surface area contributed by atoms with Gasteiger partial charge in [-0.15, -0.1) is 0 Å². The molecule has 18 heavy (non-hydrogen) atoms. The van der Waals surface area contributed by atoms with Crippen LogP contribution in [0.15, 0.2) is 12.3 Å². The first-order valence-electron chi connectivity index (χ1n) is 6.60. The molecule has 2 rings (SSSR count). The van der Waals surface area contributed by atoms with Crippen molar-refractivity contribution >= 4 is 5.91 Å². The van der Waals surface area contributed by atoms with Crippen LogP contribution in [-0.2, 0) is 17.9 Å². The molecular weight excluding hydrogens is 226 g/mol. The molecular formula is C14H21N3O. The van der Waals surface area contributed by atoms with Crippen LogP contribution in [-0.4, -0.2) is 21.8 Å². The number of aryl methyl sites for hydroxylation is 1. The van der Waals surface area contributed by atoms with Crippen molar-refractivity contribution in [2.45, 2.75) is 52.2 Å². The molecule has 2 heterocycles. The maximum absolute atomic E-state index is 12.2. The van der Waals surface area contributed by atoms with Crippen molar-refractivity contribution in [3.8, 4) is 0 Å². The van der Waals surface area contributed by atoms with Crippen molar-refractivity contribution < 1.29 is 4.79 Å². The number of aromatic nitrogens is 1. The Labute approximate surface area is 108 Å². The van der Waals surface area contributed by atoms with E-state index in [2.05, 4.69) is 18.0 Å². The number of pyridine rings is 1. The zero-order chi connectivity index (χ0) is 13.1. The summed E-state index contributed by atoms with van der Waals surface area (Å²) in [5.41, 5.74) is 9.30. The third-order valence-corrected chi connectivity index (χ3v) is 3.44. The average molecular weight is 247 g/mol. The van der Waals surface area contributed by atoms with Crippen molar-refractivity contribution in [2.75, 3.05) is 0 Å². The first kappa shape index (κ1) is 13.0. The number of nitrogens with zero attached hydrogens (tertiary/aromatic N) is 2. The molecule has 0 fully saturated rings. The quantitative estimate of drug-likeness (QED) is 0.881. The SMILES string of the molecule is CCCC[C@H](N)C(=O)N1Cc2cnc(C)cc2C1. The van der Waals surface area contributed by atoms with Gasteiger partial charge in [-0.3, -0.25) is 9.78 Å². The number of carbonyl (C=O) groups is 1. The monoisotopic (exact) mass is 247 g/mol. The van der Waals surface area contributed by atoms with Gasteiger partial charge in [0.1, 0.15) is 0 Å². The van der Waals surface area contributed by atoms with Crippen LogP contribution in [0.1, 0.15) is 43.0 Å². The number of unbranched alkanes of at least 4 members (excludes halogenated alkanes) is 1. The minimum absolute atomic E-state index is 0.0669. The Hall–Kier alpha value is -1.42. The Balaban J connectivity index is 2.00. The zero-order valence-corrected chi connectivity index (χ0v) is 11.1. The first-order chi connectivity index (χ1) is 8.61. The van der Waals surface area contributed by atoms with Crippen LogP contribution < -0.4 is 5.73 Å². The van der Waals surface area contributed by atoms with Gasteiger partial charge in [-0.2, -0.15) is 0 Å². The van der Waals surface area contributed by atoms with Crippen LogP contribution in [0.25, 0.3) is 0 Å². The largest absolute Gasteiger partial charge is 0.333 e. The molecule has 0 saturated heterocycles. The number of amides is 1. The van der Waals surface area contributed by atoms with E-state index in [9.17, 15) is 4.79 Å². The van der Waals surface area contributed by atoms with Crippen LogP contribution >= 0.6 is 0 Å². The van der Waals surface area contributed by atoms with Crippen LogP contribution in [0.4, 0.5) is 0 Å². The molecule has 98 valence electrons. The fourth-order valence-electron chi connectivity index (χ4n) is 2.34. The maximum atomic E-state index is 12.2. The van der Waals surface area contributed by atoms with Gasteiger partial charge in [-0.25, -0.2) is 0 Å². The van der Waals surface area contributed by atoms with E-state index in [1.54, 1.807) is 0 Å². The minimum atomic E-state index is -0.353. The fraction of sp³-hybridized carbons (Fsp3) is 0.571. The second-order valence-electron chi connectivity index (χ2n) is 5.04. The maximum Gasteiger partial charge on any atom is 0.240 e. The van der Waals surface area contributed by atoms with Crippen LogP contribution in [0.3, 0.4) is 0 Å². The molecule has 2 N–H and O–H groups in total. The lowest BCUT2D eigenvalue weighted by Gasteiger charge is -2.20. The second-order valence-corrected chi connectivity index (χ2v) is 5.04. The third-order valence-electron chi connectivity index (χ3n) is 3.44. The van der Waals surface area contributed by atoms with Crippen molar-refractivity contribution in [2.24, 2.45) is 5.73 Å². The van der Waals surface area contributed by atoms with E-state index in [1.165, 1.54) is 5.56 Å². The highest BCUT2D eigenvalue weighted by Crippen LogP contribution is 2.23. The number of hydrogen-bond acceptors (Lipinski definition) is 3. The Morgan fingerprint density at radius 3 is 2.94 bits per heavy atom. The van der Waals surface area contributed by atoms with Gasteiger partial charge >= 0.3 is 0 Å².